The zero-order valence-corrected chi connectivity index (χ0v) is 8.77. The number of hydrogen-bond donors (Lipinski definition) is 2. The lowest BCUT2D eigenvalue weighted by Gasteiger charge is -2.10. The average molecular weight is 222 g/mol. The molecule has 2 rings (SSSR count). The zero-order chi connectivity index (χ0) is 11.7. The summed E-state index contributed by atoms with van der Waals surface area (Å²) in [5, 5.41) is 10.3. The number of H-pyrrole nitrogens is 1. The Kier molecular flexibility index (Phi) is 2.40. The average Bonchev–Trinajstić information content (AvgIpc) is 2.28. The Hall–Kier alpha value is -2.24. The van der Waals surface area contributed by atoms with Gasteiger partial charge in [0.25, 0.3) is 0 Å². The van der Waals surface area contributed by atoms with Crippen LogP contribution in [0, 0.1) is 0 Å². The predicted molar refractivity (Wildman–Crippen MR) is 57.1 cm³/mol. The van der Waals surface area contributed by atoms with Crippen LogP contribution in [0.25, 0.3) is 10.9 Å². The first-order valence-electron chi connectivity index (χ1n) is 4.50. The minimum Gasteiger partial charge on any atom is -0.504 e. The first-order valence-corrected chi connectivity index (χ1v) is 4.50. The van der Waals surface area contributed by atoms with E-state index in [1.165, 1.54) is 20.4 Å². The number of hydrogen-bond acceptors (Lipinski definition) is 5. The van der Waals surface area contributed by atoms with Gasteiger partial charge in [-0.05, 0) is 0 Å². The van der Waals surface area contributed by atoms with Crippen LogP contribution in [0.1, 0.15) is 0 Å². The van der Waals surface area contributed by atoms with E-state index in [1.54, 1.807) is 6.07 Å². The third kappa shape index (κ3) is 1.44. The van der Waals surface area contributed by atoms with Crippen LogP contribution in [0.2, 0.25) is 0 Å². The highest BCUT2D eigenvalue weighted by Crippen LogP contribution is 2.41. The number of fused-ring (bicyclic) bond motifs is 1. The first-order chi connectivity index (χ1) is 7.67. The summed E-state index contributed by atoms with van der Waals surface area (Å²) in [5.41, 5.74) is -0.0470. The standard InChI is InChI=1S/C10H10N2O4/c1-15-7-3-6-5(4-11-10(14)12-6)8(13)9(7)16-2/h3-4,13H,1-2H3,(H,11,12,14). The van der Waals surface area contributed by atoms with E-state index >= 15 is 0 Å². The molecule has 2 aromatic rings. The van der Waals surface area contributed by atoms with Crippen molar-refractivity contribution in [1.29, 1.82) is 0 Å². The highest BCUT2D eigenvalue weighted by Gasteiger charge is 2.14. The molecule has 2 N–H and O–H groups in total. The summed E-state index contributed by atoms with van der Waals surface area (Å²) in [5.74, 6) is 0.443. The summed E-state index contributed by atoms with van der Waals surface area (Å²) in [7, 11) is 2.87. The lowest BCUT2D eigenvalue weighted by atomic mass is 10.2. The van der Waals surface area contributed by atoms with Gasteiger partial charge >= 0.3 is 5.69 Å². The molecular formula is C10H10N2O4. The Morgan fingerprint density at radius 1 is 1.38 bits per heavy atom. The quantitative estimate of drug-likeness (QED) is 0.779. The van der Waals surface area contributed by atoms with Gasteiger partial charge < -0.3 is 19.6 Å². The molecule has 0 atom stereocenters. The molecule has 6 heteroatoms. The van der Waals surface area contributed by atoms with Gasteiger partial charge in [0.2, 0.25) is 5.75 Å². The second-order valence-corrected chi connectivity index (χ2v) is 3.11. The van der Waals surface area contributed by atoms with Gasteiger partial charge in [0, 0.05) is 12.3 Å². The lowest BCUT2D eigenvalue weighted by molar-refractivity contribution is 0.335. The second kappa shape index (κ2) is 3.73. The highest BCUT2D eigenvalue weighted by molar-refractivity contribution is 5.89. The summed E-state index contributed by atoms with van der Waals surface area (Å²) < 4.78 is 10.0. The molecular weight excluding hydrogens is 212 g/mol. The van der Waals surface area contributed by atoms with Gasteiger partial charge in [-0.2, -0.15) is 0 Å². The third-order valence-corrected chi connectivity index (χ3v) is 2.24. The molecule has 1 heterocycles. The molecule has 0 unspecified atom stereocenters. The number of nitrogens with one attached hydrogen (secondary N) is 1. The van der Waals surface area contributed by atoms with Crippen LogP contribution in [0.15, 0.2) is 17.1 Å². The number of nitrogens with zero attached hydrogens (tertiary/aromatic N) is 1. The summed E-state index contributed by atoms with van der Waals surface area (Å²) in [6.45, 7) is 0. The highest BCUT2D eigenvalue weighted by atomic mass is 16.5. The third-order valence-electron chi connectivity index (χ3n) is 2.24. The molecule has 0 aliphatic rings. The van der Waals surface area contributed by atoms with Crippen molar-refractivity contribution in [1.82, 2.24) is 9.97 Å². The van der Waals surface area contributed by atoms with E-state index in [0.717, 1.165) is 0 Å². The fraction of sp³-hybridized carbons (Fsp3) is 0.200. The molecule has 0 saturated heterocycles. The molecule has 0 saturated carbocycles. The van der Waals surface area contributed by atoms with Gasteiger partial charge in [0.15, 0.2) is 11.5 Å². The molecule has 0 radical (unpaired) electrons. The van der Waals surface area contributed by atoms with E-state index in [2.05, 4.69) is 9.97 Å². The summed E-state index contributed by atoms with van der Waals surface area (Å²) in [6, 6.07) is 1.57. The van der Waals surface area contributed by atoms with E-state index in [9.17, 15) is 9.90 Å². The number of ether oxygens (including phenoxy) is 2. The smallest absolute Gasteiger partial charge is 0.345 e. The number of phenolic OH excluding ortho intramolecular Hbond substituents is 1. The Labute approximate surface area is 90.5 Å². The van der Waals surface area contributed by atoms with Crippen LogP contribution in [-0.4, -0.2) is 29.3 Å². The van der Waals surface area contributed by atoms with Gasteiger partial charge in [0.05, 0.1) is 25.1 Å². The normalized spacial score (nSPS) is 10.4. The zero-order valence-electron chi connectivity index (χ0n) is 8.77. The number of aromatic amines is 1. The van der Waals surface area contributed by atoms with Gasteiger partial charge in [-0.3, -0.25) is 0 Å². The Morgan fingerprint density at radius 2 is 2.12 bits per heavy atom. The molecule has 84 valence electrons. The molecule has 0 bridgehead atoms. The van der Waals surface area contributed by atoms with Crippen LogP contribution in [-0.2, 0) is 0 Å². The molecule has 1 aromatic heterocycles. The van der Waals surface area contributed by atoms with E-state index < -0.39 is 5.69 Å². The Balaban J connectivity index is 2.87. The van der Waals surface area contributed by atoms with Crippen LogP contribution >= 0.6 is 0 Å². The molecule has 0 fully saturated rings. The molecule has 0 aliphatic heterocycles. The molecule has 6 nitrogen and oxygen atoms in total. The Morgan fingerprint density at radius 3 is 2.75 bits per heavy atom. The molecule has 0 aliphatic carbocycles. The van der Waals surface area contributed by atoms with Crippen molar-refractivity contribution in [2.45, 2.75) is 0 Å². The van der Waals surface area contributed by atoms with Crippen LogP contribution < -0.4 is 15.2 Å². The van der Waals surface area contributed by atoms with Gasteiger partial charge in [-0.1, -0.05) is 0 Å². The van der Waals surface area contributed by atoms with Crippen molar-refractivity contribution in [3.63, 3.8) is 0 Å². The van der Waals surface area contributed by atoms with E-state index in [0.29, 0.717) is 16.7 Å². The number of aromatic hydroxyl groups is 1. The van der Waals surface area contributed by atoms with E-state index in [-0.39, 0.29) is 11.5 Å². The fourth-order valence-electron chi connectivity index (χ4n) is 1.49. The molecule has 1 aromatic carbocycles. The fourth-order valence-corrected chi connectivity index (χ4v) is 1.49. The number of benzene rings is 1. The summed E-state index contributed by atoms with van der Waals surface area (Å²) >= 11 is 0. The largest absolute Gasteiger partial charge is 0.504 e. The molecule has 0 spiro atoms. The number of rotatable bonds is 2. The maximum Gasteiger partial charge on any atom is 0.345 e. The maximum atomic E-state index is 11.0. The topological polar surface area (TPSA) is 84.4 Å². The van der Waals surface area contributed by atoms with Crippen molar-refractivity contribution in [2.24, 2.45) is 0 Å². The van der Waals surface area contributed by atoms with Crippen molar-refractivity contribution >= 4 is 10.9 Å². The number of aromatic nitrogens is 2. The minimum absolute atomic E-state index is 0.111. The lowest BCUT2D eigenvalue weighted by Crippen LogP contribution is -2.08. The van der Waals surface area contributed by atoms with Crippen molar-refractivity contribution < 1.29 is 14.6 Å². The first kappa shape index (κ1) is 10.3. The number of phenols is 1. The molecule has 0 amide bonds. The predicted octanol–water partition coefficient (Wildman–Crippen LogP) is 0.646. The van der Waals surface area contributed by atoms with Crippen molar-refractivity contribution in [3.8, 4) is 17.2 Å². The molecule has 16 heavy (non-hydrogen) atoms. The monoisotopic (exact) mass is 222 g/mol. The van der Waals surface area contributed by atoms with Crippen LogP contribution in [0.5, 0.6) is 17.2 Å². The Bertz CT molecular complexity index is 591. The van der Waals surface area contributed by atoms with E-state index in [4.69, 9.17) is 9.47 Å². The van der Waals surface area contributed by atoms with Crippen molar-refractivity contribution in [2.75, 3.05) is 14.2 Å². The van der Waals surface area contributed by atoms with Crippen molar-refractivity contribution in [3.05, 3.63) is 22.7 Å². The SMILES string of the molecule is COc1cc2[nH]c(=O)ncc2c(O)c1OC. The van der Waals surface area contributed by atoms with E-state index in [1.807, 2.05) is 0 Å². The maximum absolute atomic E-state index is 11.0. The summed E-state index contributed by atoms with van der Waals surface area (Å²) in [4.78, 5) is 17.1. The number of methoxy groups -OCH3 is 2. The van der Waals surface area contributed by atoms with Crippen LogP contribution in [0.4, 0.5) is 0 Å². The second-order valence-electron chi connectivity index (χ2n) is 3.11. The minimum atomic E-state index is -0.487. The van der Waals surface area contributed by atoms with Crippen LogP contribution in [0.3, 0.4) is 0 Å². The van der Waals surface area contributed by atoms with Gasteiger partial charge in [0.1, 0.15) is 0 Å². The van der Waals surface area contributed by atoms with Gasteiger partial charge in [-0.25, -0.2) is 9.78 Å². The van der Waals surface area contributed by atoms with Gasteiger partial charge in [-0.15, -0.1) is 0 Å². The summed E-state index contributed by atoms with van der Waals surface area (Å²) in [6.07, 6.45) is 1.28.